The van der Waals surface area contributed by atoms with Gasteiger partial charge in [0.1, 0.15) is 0 Å². The summed E-state index contributed by atoms with van der Waals surface area (Å²) >= 11 is 0. The van der Waals surface area contributed by atoms with Crippen LogP contribution in [0.15, 0.2) is 0 Å². The molecule has 0 aromatic carbocycles. The van der Waals surface area contributed by atoms with E-state index in [1.165, 1.54) is 0 Å². The van der Waals surface area contributed by atoms with Crippen LogP contribution in [0.3, 0.4) is 0 Å². The predicted molar refractivity (Wildman–Crippen MR) is 50.8 cm³/mol. The lowest BCUT2D eigenvalue weighted by Crippen LogP contribution is -2.68. The molecule has 0 heterocycles. The van der Waals surface area contributed by atoms with Crippen LogP contribution in [0.1, 0.15) is 38.5 Å². The first-order valence-electron chi connectivity index (χ1n) is 5.44. The molecule has 2 unspecified atom stereocenters. The van der Waals surface area contributed by atoms with Crippen molar-refractivity contribution in [2.75, 3.05) is 0 Å². The average Bonchev–Trinajstić information content (AvgIpc) is 1.95. The van der Waals surface area contributed by atoms with Crippen molar-refractivity contribution in [3.63, 3.8) is 0 Å². The van der Waals surface area contributed by atoms with E-state index in [1.54, 1.807) is 0 Å². The highest BCUT2D eigenvalue weighted by atomic mass is 16.6. The second-order valence-corrected chi connectivity index (χ2v) is 5.94. The smallest absolute Gasteiger partial charge is 0.228 e. The van der Waals surface area contributed by atoms with Gasteiger partial charge in [0.05, 0.1) is 11.2 Å². The monoisotopic (exact) mass is 213 g/mol. The Morgan fingerprint density at radius 1 is 1.07 bits per heavy atom. The Morgan fingerprint density at radius 3 is 2.00 bits per heavy atom. The maximum atomic E-state index is 11.1. The topological polar surface area (TPSA) is 83.6 Å². The Morgan fingerprint density at radius 2 is 1.60 bits per heavy atom. The van der Waals surface area contributed by atoms with Crippen molar-refractivity contribution in [2.24, 2.45) is 5.92 Å². The fraction of sp³-hybridized carbons (Fsp3) is 1.00. The number of rotatable bonds is 1. The van der Waals surface area contributed by atoms with Crippen molar-refractivity contribution in [1.29, 1.82) is 0 Å². The van der Waals surface area contributed by atoms with Gasteiger partial charge in [0, 0.05) is 30.6 Å². The predicted octanol–water partition coefficient (Wildman–Crippen LogP) is 0.462. The first-order chi connectivity index (χ1) is 6.85. The molecule has 4 saturated carbocycles. The zero-order chi connectivity index (χ0) is 10.9. The molecule has 2 atom stereocenters. The quantitative estimate of drug-likeness (QED) is 0.489. The average molecular weight is 213 g/mol. The van der Waals surface area contributed by atoms with Crippen LogP contribution in [-0.2, 0) is 0 Å². The van der Waals surface area contributed by atoms with Gasteiger partial charge in [-0.1, -0.05) is 0 Å². The van der Waals surface area contributed by atoms with E-state index < -0.39 is 16.7 Å². The summed E-state index contributed by atoms with van der Waals surface area (Å²) in [5, 5.41) is 31.6. The maximum absolute atomic E-state index is 11.1. The van der Waals surface area contributed by atoms with Crippen LogP contribution in [0, 0.1) is 16.0 Å². The Bertz CT molecular complexity index is 324. The van der Waals surface area contributed by atoms with Gasteiger partial charge in [-0.2, -0.15) is 0 Å². The zero-order valence-corrected chi connectivity index (χ0v) is 8.48. The van der Waals surface area contributed by atoms with Crippen molar-refractivity contribution < 1.29 is 15.1 Å². The molecule has 0 aromatic heterocycles. The van der Waals surface area contributed by atoms with Crippen LogP contribution in [0.4, 0.5) is 0 Å². The van der Waals surface area contributed by atoms with Gasteiger partial charge in [0.15, 0.2) is 0 Å². The number of nitro groups is 1. The number of hydrogen-bond acceptors (Lipinski definition) is 4. The SMILES string of the molecule is O=[N+]([O-])C12CC3CC(O)(CC(O)(C3)C1)C2. The highest BCUT2D eigenvalue weighted by Crippen LogP contribution is 2.60. The van der Waals surface area contributed by atoms with Gasteiger partial charge in [-0.3, -0.25) is 10.1 Å². The third-order valence-corrected chi connectivity index (χ3v) is 4.37. The molecule has 15 heavy (non-hydrogen) atoms. The number of aliphatic hydroxyl groups is 2. The summed E-state index contributed by atoms with van der Waals surface area (Å²) in [6.45, 7) is 0. The summed E-state index contributed by atoms with van der Waals surface area (Å²) in [5.74, 6) is 0.127. The van der Waals surface area contributed by atoms with Crippen molar-refractivity contribution in [2.45, 2.75) is 55.3 Å². The second-order valence-electron chi connectivity index (χ2n) is 5.94. The molecule has 4 rings (SSSR count). The lowest BCUT2D eigenvalue weighted by atomic mass is 9.49. The van der Waals surface area contributed by atoms with Crippen LogP contribution in [0.25, 0.3) is 0 Å². The molecule has 4 aliphatic carbocycles. The van der Waals surface area contributed by atoms with Crippen molar-refractivity contribution in [3.05, 3.63) is 10.1 Å². The molecule has 2 N–H and O–H groups in total. The van der Waals surface area contributed by atoms with E-state index in [2.05, 4.69) is 0 Å². The number of nitrogens with zero attached hydrogens (tertiary/aromatic N) is 1. The second kappa shape index (κ2) is 2.35. The van der Waals surface area contributed by atoms with Gasteiger partial charge in [-0.15, -0.1) is 0 Å². The third kappa shape index (κ3) is 1.16. The van der Waals surface area contributed by atoms with Crippen LogP contribution in [0.2, 0.25) is 0 Å². The molecule has 4 fully saturated rings. The van der Waals surface area contributed by atoms with Gasteiger partial charge in [-0.25, -0.2) is 0 Å². The fourth-order valence-electron chi connectivity index (χ4n) is 4.49. The van der Waals surface area contributed by atoms with Crippen LogP contribution in [-0.4, -0.2) is 31.9 Å². The van der Waals surface area contributed by atoms with E-state index in [4.69, 9.17) is 0 Å². The molecular formula is C10H15NO4. The Labute approximate surface area is 87.2 Å². The van der Waals surface area contributed by atoms with E-state index in [-0.39, 0.29) is 23.7 Å². The summed E-state index contributed by atoms with van der Waals surface area (Å²) in [7, 11) is 0. The molecule has 0 aromatic rings. The minimum Gasteiger partial charge on any atom is -0.389 e. The van der Waals surface area contributed by atoms with Gasteiger partial charge in [-0.05, 0) is 18.8 Å². The van der Waals surface area contributed by atoms with Crippen LogP contribution in [0.5, 0.6) is 0 Å². The van der Waals surface area contributed by atoms with E-state index in [9.17, 15) is 20.3 Å². The standard InChI is InChI=1S/C10H15NO4/c12-9-2-7-1-8(4-9,11(14)15)5-10(13,3-7)6-9/h7,12-13H,1-6H2. The Balaban J connectivity index is 2.05. The minimum atomic E-state index is -1.05. The van der Waals surface area contributed by atoms with Crippen molar-refractivity contribution in [3.8, 4) is 0 Å². The van der Waals surface area contributed by atoms with E-state index >= 15 is 0 Å². The molecule has 4 aliphatic rings. The summed E-state index contributed by atoms with van der Waals surface area (Å²) < 4.78 is 0. The number of hydrogen-bond donors (Lipinski definition) is 2. The lowest BCUT2D eigenvalue weighted by molar-refractivity contribution is -0.596. The molecular weight excluding hydrogens is 198 g/mol. The largest absolute Gasteiger partial charge is 0.389 e. The lowest BCUT2D eigenvalue weighted by Gasteiger charge is -2.58. The molecule has 84 valence electrons. The summed E-state index contributed by atoms with van der Waals surface area (Å²) in [6, 6.07) is 0. The van der Waals surface area contributed by atoms with Crippen LogP contribution < -0.4 is 0 Å². The molecule has 0 spiro atoms. The molecule has 0 radical (unpaired) electrons. The van der Waals surface area contributed by atoms with Gasteiger partial charge < -0.3 is 10.2 Å². The highest BCUT2D eigenvalue weighted by Gasteiger charge is 2.68. The van der Waals surface area contributed by atoms with Crippen molar-refractivity contribution in [1.82, 2.24) is 0 Å². The van der Waals surface area contributed by atoms with Gasteiger partial charge in [0.25, 0.3) is 0 Å². The fourth-order valence-corrected chi connectivity index (χ4v) is 4.49. The van der Waals surface area contributed by atoms with Gasteiger partial charge in [0.2, 0.25) is 5.54 Å². The summed E-state index contributed by atoms with van der Waals surface area (Å²) in [6.07, 6.45) is 2.57. The molecule has 0 saturated heterocycles. The Kier molecular flexibility index (Phi) is 1.50. The van der Waals surface area contributed by atoms with Crippen molar-refractivity contribution >= 4 is 0 Å². The molecule has 0 aliphatic heterocycles. The normalized spacial score (nSPS) is 57.1. The summed E-state index contributed by atoms with van der Waals surface area (Å²) in [4.78, 5) is 10.9. The minimum absolute atomic E-state index is 0.127. The van der Waals surface area contributed by atoms with E-state index in [0.717, 1.165) is 0 Å². The van der Waals surface area contributed by atoms with E-state index in [0.29, 0.717) is 25.7 Å². The molecule has 0 amide bonds. The third-order valence-electron chi connectivity index (χ3n) is 4.37. The van der Waals surface area contributed by atoms with Gasteiger partial charge >= 0.3 is 0 Å². The zero-order valence-electron chi connectivity index (χ0n) is 8.48. The molecule has 4 bridgehead atoms. The highest BCUT2D eigenvalue weighted by molar-refractivity contribution is 5.15. The maximum Gasteiger partial charge on any atom is 0.228 e. The first kappa shape index (κ1) is 9.54. The summed E-state index contributed by atoms with van der Waals surface area (Å²) in [5.41, 5.74) is -3.02. The molecule has 5 heteroatoms. The van der Waals surface area contributed by atoms with Crippen LogP contribution >= 0.6 is 0 Å². The Hall–Kier alpha value is -0.680. The first-order valence-corrected chi connectivity index (χ1v) is 5.44. The molecule has 5 nitrogen and oxygen atoms in total. The van der Waals surface area contributed by atoms with E-state index in [1.807, 2.05) is 0 Å².